The molecule has 1 aliphatic rings. The van der Waals surface area contributed by atoms with Crippen molar-refractivity contribution < 1.29 is 13.5 Å². The normalized spacial score (nSPS) is 21.7. The highest BCUT2D eigenvalue weighted by Gasteiger charge is 2.19. The van der Waals surface area contributed by atoms with E-state index in [1.165, 1.54) is 6.07 Å². The molecule has 1 saturated heterocycles. The van der Waals surface area contributed by atoms with Crippen LogP contribution in [0.3, 0.4) is 0 Å². The van der Waals surface area contributed by atoms with Gasteiger partial charge in [-0.3, -0.25) is 4.90 Å². The molecule has 0 saturated carbocycles. The van der Waals surface area contributed by atoms with Crippen LogP contribution in [0.4, 0.5) is 8.78 Å². The molecule has 0 aromatic heterocycles. The zero-order valence-corrected chi connectivity index (χ0v) is 9.53. The molecular weight excluding hydrogens is 226 g/mol. The van der Waals surface area contributed by atoms with Gasteiger partial charge in [0.15, 0.2) is 11.6 Å². The molecule has 1 atom stereocenters. The summed E-state index contributed by atoms with van der Waals surface area (Å²) in [5.41, 5.74) is 6.31. The zero-order valence-electron chi connectivity index (χ0n) is 9.53. The Hall–Kier alpha value is -1.04. The van der Waals surface area contributed by atoms with E-state index >= 15 is 0 Å². The minimum absolute atomic E-state index is 0.0362. The Morgan fingerprint density at radius 1 is 1.35 bits per heavy atom. The first-order valence-electron chi connectivity index (χ1n) is 5.67. The van der Waals surface area contributed by atoms with Crippen molar-refractivity contribution in [2.45, 2.75) is 12.6 Å². The van der Waals surface area contributed by atoms with E-state index in [-0.39, 0.29) is 6.10 Å². The van der Waals surface area contributed by atoms with E-state index < -0.39 is 11.6 Å². The highest BCUT2D eigenvalue weighted by molar-refractivity contribution is 5.17. The molecule has 0 bridgehead atoms. The van der Waals surface area contributed by atoms with Crippen LogP contribution in [0.1, 0.15) is 5.56 Å². The Morgan fingerprint density at radius 2 is 2.18 bits per heavy atom. The van der Waals surface area contributed by atoms with Gasteiger partial charge >= 0.3 is 0 Å². The van der Waals surface area contributed by atoms with Gasteiger partial charge in [-0.15, -0.1) is 0 Å². The number of morpholine rings is 1. The molecule has 3 nitrogen and oxygen atoms in total. The predicted octanol–water partition coefficient (Wildman–Crippen LogP) is 1.12. The molecule has 0 spiro atoms. The van der Waals surface area contributed by atoms with Gasteiger partial charge in [-0.05, 0) is 17.7 Å². The smallest absolute Gasteiger partial charge is 0.159 e. The maximum Gasteiger partial charge on any atom is 0.159 e. The molecule has 1 aromatic rings. The first-order valence-corrected chi connectivity index (χ1v) is 5.67. The largest absolute Gasteiger partial charge is 0.374 e. The van der Waals surface area contributed by atoms with Crippen LogP contribution in [-0.4, -0.2) is 37.2 Å². The summed E-state index contributed by atoms with van der Waals surface area (Å²) < 4.78 is 31.2. The molecule has 2 N–H and O–H groups in total. The molecule has 5 heteroatoms. The fourth-order valence-electron chi connectivity index (χ4n) is 1.96. The SMILES string of the molecule is NC[C@H]1CN(Cc2ccc(F)c(F)c2)CCO1. The van der Waals surface area contributed by atoms with Crippen molar-refractivity contribution in [1.29, 1.82) is 0 Å². The minimum Gasteiger partial charge on any atom is -0.374 e. The summed E-state index contributed by atoms with van der Waals surface area (Å²) in [6.45, 7) is 3.22. The third-order valence-corrected chi connectivity index (χ3v) is 2.88. The first kappa shape index (κ1) is 12.4. The summed E-state index contributed by atoms with van der Waals surface area (Å²) in [5, 5.41) is 0. The van der Waals surface area contributed by atoms with E-state index in [1.807, 2.05) is 0 Å². The highest BCUT2D eigenvalue weighted by atomic mass is 19.2. The monoisotopic (exact) mass is 242 g/mol. The van der Waals surface area contributed by atoms with Crippen molar-refractivity contribution in [2.24, 2.45) is 5.73 Å². The summed E-state index contributed by atoms with van der Waals surface area (Å²) in [5.74, 6) is -1.61. The Balaban J connectivity index is 1.97. The van der Waals surface area contributed by atoms with Crippen LogP contribution in [0.2, 0.25) is 0 Å². The Kier molecular flexibility index (Phi) is 4.04. The van der Waals surface area contributed by atoms with Gasteiger partial charge in [0.2, 0.25) is 0 Å². The lowest BCUT2D eigenvalue weighted by Gasteiger charge is -2.32. The van der Waals surface area contributed by atoms with Crippen LogP contribution in [0.25, 0.3) is 0 Å². The van der Waals surface area contributed by atoms with Crippen LogP contribution < -0.4 is 5.73 Å². The lowest BCUT2D eigenvalue weighted by Crippen LogP contribution is -2.45. The topological polar surface area (TPSA) is 38.5 Å². The van der Waals surface area contributed by atoms with Crippen molar-refractivity contribution in [3.8, 4) is 0 Å². The highest BCUT2D eigenvalue weighted by Crippen LogP contribution is 2.13. The van der Waals surface area contributed by atoms with Crippen molar-refractivity contribution >= 4 is 0 Å². The molecule has 0 amide bonds. The van der Waals surface area contributed by atoms with Gasteiger partial charge in [0.05, 0.1) is 12.7 Å². The van der Waals surface area contributed by atoms with Gasteiger partial charge in [0.1, 0.15) is 0 Å². The quantitative estimate of drug-likeness (QED) is 0.863. The van der Waals surface area contributed by atoms with Crippen LogP contribution >= 0.6 is 0 Å². The fourth-order valence-corrected chi connectivity index (χ4v) is 1.96. The predicted molar refractivity (Wildman–Crippen MR) is 60.4 cm³/mol. The van der Waals surface area contributed by atoms with Crippen molar-refractivity contribution in [1.82, 2.24) is 4.90 Å². The Bertz CT molecular complexity index is 387. The second-order valence-corrected chi connectivity index (χ2v) is 4.21. The third kappa shape index (κ3) is 3.21. The van der Waals surface area contributed by atoms with Gasteiger partial charge in [-0.25, -0.2) is 8.78 Å². The minimum atomic E-state index is -0.810. The zero-order chi connectivity index (χ0) is 12.3. The van der Waals surface area contributed by atoms with Gasteiger partial charge in [0.25, 0.3) is 0 Å². The number of hydrogen-bond donors (Lipinski definition) is 1. The molecule has 0 aliphatic carbocycles. The van der Waals surface area contributed by atoms with Crippen LogP contribution in [0, 0.1) is 11.6 Å². The van der Waals surface area contributed by atoms with E-state index in [0.717, 1.165) is 24.7 Å². The summed E-state index contributed by atoms with van der Waals surface area (Å²) in [6, 6.07) is 4.00. The second-order valence-electron chi connectivity index (χ2n) is 4.21. The molecule has 1 aliphatic heterocycles. The lowest BCUT2D eigenvalue weighted by atomic mass is 10.2. The number of halogens is 2. The van der Waals surface area contributed by atoms with Crippen molar-refractivity contribution in [2.75, 3.05) is 26.2 Å². The second kappa shape index (κ2) is 5.53. The van der Waals surface area contributed by atoms with Gasteiger partial charge in [-0.2, -0.15) is 0 Å². The number of ether oxygens (including phenoxy) is 1. The Labute approximate surface area is 99.2 Å². The van der Waals surface area contributed by atoms with Crippen molar-refractivity contribution in [3.05, 3.63) is 35.4 Å². The standard InChI is InChI=1S/C12H16F2N2O/c13-11-2-1-9(5-12(11)14)7-16-3-4-17-10(6-15)8-16/h1-2,5,10H,3-4,6-8,15H2/t10-/m0/s1. The molecular formula is C12H16F2N2O. The number of rotatable bonds is 3. The van der Waals surface area contributed by atoms with E-state index in [1.54, 1.807) is 6.07 Å². The molecule has 17 heavy (non-hydrogen) atoms. The van der Waals surface area contributed by atoms with Crippen LogP contribution in [-0.2, 0) is 11.3 Å². The Morgan fingerprint density at radius 3 is 2.88 bits per heavy atom. The van der Waals surface area contributed by atoms with Gasteiger partial charge in [-0.1, -0.05) is 6.07 Å². The summed E-state index contributed by atoms with van der Waals surface area (Å²) >= 11 is 0. The molecule has 94 valence electrons. The summed E-state index contributed by atoms with van der Waals surface area (Å²) in [4.78, 5) is 2.13. The lowest BCUT2D eigenvalue weighted by molar-refractivity contribution is -0.0260. The summed E-state index contributed by atoms with van der Waals surface area (Å²) in [6.07, 6.45) is 0.0362. The van der Waals surface area contributed by atoms with E-state index in [2.05, 4.69) is 4.90 Å². The average Bonchev–Trinajstić information content (AvgIpc) is 2.34. The van der Waals surface area contributed by atoms with Crippen LogP contribution in [0.5, 0.6) is 0 Å². The number of hydrogen-bond acceptors (Lipinski definition) is 3. The van der Waals surface area contributed by atoms with Gasteiger partial charge in [0, 0.05) is 26.2 Å². The van der Waals surface area contributed by atoms with E-state index in [0.29, 0.717) is 19.7 Å². The molecule has 1 heterocycles. The molecule has 1 fully saturated rings. The molecule has 2 rings (SSSR count). The molecule has 1 aromatic carbocycles. The summed E-state index contributed by atoms with van der Waals surface area (Å²) in [7, 11) is 0. The number of nitrogens with two attached hydrogens (primary N) is 1. The average molecular weight is 242 g/mol. The molecule has 0 unspecified atom stereocenters. The van der Waals surface area contributed by atoms with E-state index in [4.69, 9.17) is 10.5 Å². The van der Waals surface area contributed by atoms with Gasteiger partial charge < -0.3 is 10.5 Å². The maximum absolute atomic E-state index is 13.0. The van der Waals surface area contributed by atoms with Crippen molar-refractivity contribution in [3.63, 3.8) is 0 Å². The maximum atomic E-state index is 13.0. The molecule has 0 radical (unpaired) electrons. The third-order valence-electron chi connectivity index (χ3n) is 2.88. The number of nitrogens with zero attached hydrogens (tertiary/aromatic N) is 1. The van der Waals surface area contributed by atoms with Crippen LogP contribution in [0.15, 0.2) is 18.2 Å². The van der Waals surface area contributed by atoms with E-state index in [9.17, 15) is 8.78 Å². The fraction of sp³-hybridized carbons (Fsp3) is 0.500. The number of benzene rings is 1. The first-order chi connectivity index (χ1) is 8.19.